The summed E-state index contributed by atoms with van der Waals surface area (Å²) in [5.41, 5.74) is 4.43. The number of anilines is 2. The summed E-state index contributed by atoms with van der Waals surface area (Å²) in [7, 11) is 0. The number of halogens is 2. The maximum absolute atomic E-state index is 13.4. The Labute approximate surface area is 143 Å². The zero-order valence-corrected chi connectivity index (χ0v) is 13.4. The lowest BCUT2D eigenvalue weighted by Crippen LogP contribution is -2.06. The molecule has 0 saturated carbocycles. The van der Waals surface area contributed by atoms with Gasteiger partial charge in [0.1, 0.15) is 18.2 Å². The number of nitrogens with one attached hydrogen (secondary N) is 2. The Hall–Kier alpha value is -2.53. The van der Waals surface area contributed by atoms with Gasteiger partial charge in [-0.15, -0.1) is 11.6 Å². The van der Waals surface area contributed by atoms with Crippen molar-refractivity contribution in [2.75, 3.05) is 23.1 Å². The second-order valence-corrected chi connectivity index (χ2v) is 6.00. The van der Waals surface area contributed by atoms with Crippen molar-refractivity contribution in [1.82, 2.24) is 0 Å². The molecule has 0 aliphatic carbocycles. The van der Waals surface area contributed by atoms with Gasteiger partial charge < -0.3 is 15.4 Å². The largest absolute Gasteiger partial charge is 0.487 e. The first-order valence-electron chi connectivity index (χ1n) is 7.59. The van der Waals surface area contributed by atoms with Crippen LogP contribution in [0, 0.1) is 5.82 Å². The standard InChI is InChI=1S/C18H14ClFN2O2/c19-5-6-21-12-2-4-13-10(7-12)9-24-17(13)16-14-3-1-11(20)8-15(14)22-18(16)23/h1-4,7-8,21H,5-6,9H2,(H,22,23)/b17-16+. The van der Waals surface area contributed by atoms with Crippen LogP contribution >= 0.6 is 11.6 Å². The highest BCUT2D eigenvalue weighted by Gasteiger charge is 2.32. The molecular formula is C18H14ClFN2O2. The van der Waals surface area contributed by atoms with Crippen molar-refractivity contribution < 1.29 is 13.9 Å². The minimum atomic E-state index is -0.386. The van der Waals surface area contributed by atoms with Crippen LogP contribution in [0.15, 0.2) is 36.4 Å². The second-order valence-electron chi connectivity index (χ2n) is 5.62. The van der Waals surface area contributed by atoms with Crippen LogP contribution in [0.25, 0.3) is 11.3 Å². The Bertz CT molecular complexity index is 879. The SMILES string of the molecule is O=C1Nc2cc(F)ccc2/C1=C1\OCc2cc(NCCCl)ccc21. The maximum Gasteiger partial charge on any atom is 0.260 e. The molecule has 4 rings (SSSR count). The van der Waals surface area contributed by atoms with Crippen molar-refractivity contribution in [1.29, 1.82) is 0 Å². The molecule has 122 valence electrons. The monoisotopic (exact) mass is 344 g/mol. The van der Waals surface area contributed by atoms with Crippen molar-refractivity contribution in [3.63, 3.8) is 0 Å². The van der Waals surface area contributed by atoms with Crippen LogP contribution in [0.5, 0.6) is 0 Å². The highest BCUT2D eigenvalue weighted by molar-refractivity contribution is 6.36. The Morgan fingerprint density at radius 3 is 2.88 bits per heavy atom. The number of rotatable bonds is 3. The molecular weight excluding hydrogens is 331 g/mol. The highest BCUT2D eigenvalue weighted by Crippen LogP contribution is 2.42. The van der Waals surface area contributed by atoms with Crippen molar-refractivity contribution in [2.45, 2.75) is 6.61 Å². The topological polar surface area (TPSA) is 50.4 Å². The first kappa shape index (κ1) is 15.0. The number of amides is 1. The summed E-state index contributed by atoms with van der Waals surface area (Å²) >= 11 is 5.69. The van der Waals surface area contributed by atoms with Crippen LogP contribution in [0.3, 0.4) is 0 Å². The van der Waals surface area contributed by atoms with Gasteiger partial charge in [-0.3, -0.25) is 4.79 Å². The van der Waals surface area contributed by atoms with Crippen molar-refractivity contribution in [3.05, 3.63) is 58.9 Å². The molecule has 0 radical (unpaired) electrons. The molecule has 6 heteroatoms. The fourth-order valence-electron chi connectivity index (χ4n) is 3.04. The van der Waals surface area contributed by atoms with Gasteiger partial charge in [-0.05, 0) is 36.4 Å². The fraction of sp³-hybridized carbons (Fsp3) is 0.167. The maximum atomic E-state index is 13.4. The average Bonchev–Trinajstić information content (AvgIpc) is 3.11. The normalized spacial score (nSPS) is 18.0. The molecule has 0 unspecified atom stereocenters. The quantitative estimate of drug-likeness (QED) is 0.657. The van der Waals surface area contributed by atoms with Crippen LogP contribution < -0.4 is 10.6 Å². The molecule has 0 aromatic heterocycles. The molecule has 2 aromatic carbocycles. The zero-order chi connectivity index (χ0) is 16.7. The summed E-state index contributed by atoms with van der Waals surface area (Å²) in [5, 5.41) is 5.91. The van der Waals surface area contributed by atoms with Crippen LogP contribution in [-0.4, -0.2) is 18.3 Å². The van der Waals surface area contributed by atoms with Crippen LogP contribution in [0.1, 0.15) is 16.7 Å². The van der Waals surface area contributed by atoms with Gasteiger partial charge in [0.25, 0.3) is 5.91 Å². The van der Waals surface area contributed by atoms with E-state index < -0.39 is 0 Å². The molecule has 2 N–H and O–H groups in total. The van der Waals surface area contributed by atoms with Crippen LogP contribution in [-0.2, 0) is 16.1 Å². The third-order valence-corrected chi connectivity index (χ3v) is 4.29. The smallest absolute Gasteiger partial charge is 0.260 e. The van der Waals surface area contributed by atoms with E-state index in [1.54, 1.807) is 6.07 Å². The van der Waals surface area contributed by atoms with Gasteiger partial charge in [-0.2, -0.15) is 0 Å². The van der Waals surface area contributed by atoms with E-state index in [2.05, 4.69) is 10.6 Å². The lowest BCUT2D eigenvalue weighted by atomic mass is 10.00. The highest BCUT2D eigenvalue weighted by atomic mass is 35.5. The van der Waals surface area contributed by atoms with Gasteiger partial charge in [0, 0.05) is 34.8 Å². The predicted octanol–water partition coefficient (Wildman–Crippen LogP) is 3.83. The van der Waals surface area contributed by atoms with Crippen molar-refractivity contribution in [2.24, 2.45) is 0 Å². The molecule has 1 amide bonds. The molecule has 2 aromatic rings. The number of ether oxygens (including phenoxy) is 1. The number of carbonyl (C=O) groups is 1. The van der Waals surface area contributed by atoms with Gasteiger partial charge in [0.05, 0.1) is 11.3 Å². The number of benzene rings is 2. The van der Waals surface area contributed by atoms with Crippen LogP contribution in [0.4, 0.5) is 15.8 Å². The minimum Gasteiger partial charge on any atom is -0.487 e. The Balaban J connectivity index is 1.78. The number of carbonyl (C=O) groups excluding carboxylic acids is 1. The number of hydrogen-bond donors (Lipinski definition) is 2. The fourth-order valence-corrected chi connectivity index (χ4v) is 3.14. The second kappa shape index (κ2) is 5.83. The van der Waals surface area contributed by atoms with Gasteiger partial charge in [0.2, 0.25) is 0 Å². The number of fused-ring (bicyclic) bond motifs is 2. The van der Waals surface area contributed by atoms with Crippen molar-refractivity contribution in [3.8, 4) is 0 Å². The van der Waals surface area contributed by atoms with E-state index >= 15 is 0 Å². The van der Waals surface area contributed by atoms with Gasteiger partial charge >= 0.3 is 0 Å². The number of alkyl halides is 1. The van der Waals surface area contributed by atoms with Gasteiger partial charge in [-0.25, -0.2) is 4.39 Å². The first-order valence-corrected chi connectivity index (χ1v) is 8.12. The Kier molecular flexibility index (Phi) is 3.65. The molecule has 2 aliphatic rings. The van der Waals surface area contributed by atoms with Crippen molar-refractivity contribution >= 4 is 40.2 Å². The molecule has 24 heavy (non-hydrogen) atoms. The van der Waals surface area contributed by atoms with Gasteiger partial charge in [0.15, 0.2) is 0 Å². The summed E-state index contributed by atoms with van der Waals surface area (Å²) in [4.78, 5) is 12.3. The van der Waals surface area contributed by atoms with Gasteiger partial charge in [-0.1, -0.05) is 0 Å². The molecule has 4 nitrogen and oxygen atoms in total. The molecule has 2 aliphatic heterocycles. The summed E-state index contributed by atoms with van der Waals surface area (Å²) in [6.07, 6.45) is 0. The van der Waals surface area contributed by atoms with E-state index in [0.29, 0.717) is 41.6 Å². The molecule has 0 atom stereocenters. The summed E-state index contributed by atoms with van der Waals surface area (Å²) in [5.74, 6) is 0.402. The molecule has 0 spiro atoms. The number of hydrogen-bond acceptors (Lipinski definition) is 3. The predicted molar refractivity (Wildman–Crippen MR) is 92.3 cm³/mol. The molecule has 0 bridgehead atoms. The molecule has 2 heterocycles. The lowest BCUT2D eigenvalue weighted by molar-refractivity contribution is -0.110. The van der Waals surface area contributed by atoms with E-state index in [0.717, 1.165) is 16.8 Å². The molecule has 0 saturated heterocycles. The first-order chi connectivity index (χ1) is 11.7. The third-order valence-electron chi connectivity index (χ3n) is 4.10. The summed E-state index contributed by atoms with van der Waals surface area (Å²) in [6, 6.07) is 10.1. The van der Waals surface area contributed by atoms with E-state index in [-0.39, 0.29) is 11.7 Å². The molecule has 0 fully saturated rings. The lowest BCUT2D eigenvalue weighted by Gasteiger charge is -2.07. The van der Waals surface area contributed by atoms with E-state index in [9.17, 15) is 9.18 Å². The zero-order valence-electron chi connectivity index (χ0n) is 12.7. The third kappa shape index (κ3) is 2.41. The van der Waals surface area contributed by atoms with E-state index in [1.807, 2.05) is 18.2 Å². The Morgan fingerprint density at radius 2 is 2.04 bits per heavy atom. The minimum absolute atomic E-state index is 0.275. The van der Waals surface area contributed by atoms with Crippen LogP contribution in [0.2, 0.25) is 0 Å². The van der Waals surface area contributed by atoms with E-state index in [1.165, 1.54) is 12.1 Å². The van der Waals surface area contributed by atoms with E-state index in [4.69, 9.17) is 16.3 Å². The Morgan fingerprint density at radius 1 is 1.21 bits per heavy atom. The summed E-state index contributed by atoms with van der Waals surface area (Å²) < 4.78 is 19.2. The average molecular weight is 345 g/mol. The summed E-state index contributed by atoms with van der Waals surface area (Å²) in [6.45, 7) is 1.07.